The average Bonchev–Trinajstić information content (AvgIpc) is 2.72. The van der Waals surface area contributed by atoms with E-state index in [-0.39, 0.29) is 12.0 Å². The molecule has 0 aromatic carbocycles. The Morgan fingerprint density at radius 1 is 1.50 bits per heavy atom. The van der Waals surface area contributed by atoms with Crippen molar-refractivity contribution in [1.82, 2.24) is 14.6 Å². The van der Waals surface area contributed by atoms with Crippen LogP contribution in [0.1, 0.15) is 25.7 Å². The Hall–Kier alpha value is -2.11. The lowest BCUT2D eigenvalue weighted by atomic mass is 9.74. The minimum absolute atomic E-state index is 0.138. The third kappa shape index (κ3) is 1.90. The number of hydrogen-bond acceptors (Lipinski definition) is 4. The minimum Gasteiger partial charge on any atom is -0.481 e. The fourth-order valence-corrected chi connectivity index (χ4v) is 2.39. The van der Waals surface area contributed by atoms with Gasteiger partial charge in [0.1, 0.15) is 5.82 Å². The minimum atomic E-state index is -0.771. The van der Waals surface area contributed by atoms with E-state index in [9.17, 15) is 4.79 Å². The summed E-state index contributed by atoms with van der Waals surface area (Å²) in [6.45, 7) is 0. The van der Waals surface area contributed by atoms with Gasteiger partial charge in [-0.15, -0.1) is 0 Å². The molecule has 6 heteroatoms. The van der Waals surface area contributed by atoms with E-state index in [2.05, 4.69) is 15.4 Å². The maximum atomic E-state index is 10.9. The highest BCUT2D eigenvalue weighted by Crippen LogP contribution is 2.37. The van der Waals surface area contributed by atoms with Crippen LogP contribution in [0, 0.1) is 0 Å². The molecule has 2 heterocycles. The fourth-order valence-electron chi connectivity index (χ4n) is 2.39. The second-order valence-corrected chi connectivity index (χ2v) is 4.78. The molecule has 0 bridgehead atoms. The first-order valence-electron chi connectivity index (χ1n) is 5.97. The number of carboxylic acid groups (broad SMARTS) is 1. The van der Waals surface area contributed by atoms with Crippen LogP contribution in [0.15, 0.2) is 24.5 Å². The van der Waals surface area contributed by atoms with Crippen molar-refractivity contribution >= 4 is 17.4 Å². The highest BCUT2D eigenvalue weighted by Gasteiger charge is 2.39. The molecule has 18 heavy (non-hydrogen) atoms. The highest BCUT2D eigenvalue weighted by atomic mass is 16.4. The highest BCUT2D eigenvalue weighted by molar-refractivity contribution is 5.69. The molecule has 0 saturated heterocycles. The summed E-state index contributed by atoms with van der Waals surface area (Å²) >= 11 is 0. The van der Waals surface area contributed by atoms with Gasteiger partial charge in [0.2, 0.25) is 0 Å². The summed E-state index contributed by atoms with van der Waals surface area (Å²) in [6.07, 6.45) is 6.46. The zero-order valence-electron chi connectivity index (χ0n) is 9.83. The summed E-state index contributed by atoms with van der Waals surface area (Å²) < 4.78 is 1.68. The first-order valence-corrected chi connectivity index (χ1v) is 5.97. The molecule has 94 valence electrons. The summed E-state index contributed by atoms with van der Waals surface area (Å²) in [7, 11) is 0. The molecule has 1 fully saturated rings. The third-order valence-electron chi connectivity index (χ3n) is 3.45. The average molecular weight is 246 g/mol. The Balaban J connectivity index is 1.83. The van der Waals surface area contributed by atoms with E-state index in [1.807, 2.05) is 18.3 Å². The van der Waals surface area contributed by atoms with Gasteiger partial charge in [-0.1, -0.05) is 0 Å². The van der Waals surface area contributed by atoms with Crippen LogP contribution < -0.4 is 5.32 Å². The Labute approximate surface area is 104 Å². The number of aliphatic carboxylic acids is 1. The number of anilines is 1. The van der Waals surface area contributed by atoms with Crippen LogP contribution in [0.5, 0.6) is 0 Å². The van der Waals surface area contributed by atoms with Gasteiger partial charge >= 0.3 is 5.97 Å². The molecule has 1 aliphatic rings. The summed E-state index contributed by atoms with van der Waals surface area (Å²) in [4.78, 5) is 15.3. The van der Waals surface area contributed by atoms with Crippen LogP contribution >= 0.6 is 0 Å². The molecule has 0 unspecified atom stereocenters. The van der Waals surface area contributed by atoms with E-state index < -0.39 is 5.97 Å². The zero-order valence-corrected chi connectivity index (χ0v) is 9.83. The van der Waals surface area contributed by atoms with Crippen molar-refractivity contribution in [2.45, 2.75) is 31.2 Å². The fraction of sp³-hybridized carbons (Fsp3) is 0.417. The van der Waals surface area contributed by atoms with Gasteiger partial charge in [-0.25, -0.2) is 9.50 Å². The van der Waals surface area contributed by atoms with E-state index in [1.165, 1.54) is 0 Å². The van der Waals surface area contributed by atoms with Crippen molar-refractivity contribution in [3.63, 3.8) is 0 Å². The molecule has 2 aromatic heterocycles. The Morgan fingerprint density at radius 3 is 3.00 bits per heavy atom. The van der Waals surface area contributed by atoms with E-state index in [0.717, 1.165) is 24.9 Å². The second kappa shape index (κ2) is 3.97. The third-order valence-corrected chi connectivity index (χ3v) is 3.45. The smallest absolute Gasteiger partial charge is 0.305 e. The van der Waals surface area contributed by atoms with E-state index in [1.54, 1.807) is 10.7 Å². The Morgan fingerprint density at radius 2 is 2.33 bits per heavy atom. The molecule has 2 N–H and O–H groups in total. The standard InChI is InChI=1S/C12H14N4O2/c17-11(18)8-12(4-1-5-12)15-9-3-7-16-10(14-9)2-6-13-16/h2-3,6-7H,1,4-5,8H2,(H,14,15)(H,17,18). The number of carbonyl (C=O) groups is 1. The molecule has 0 atom stereocenters. The lowest BCUT2D eigenvalue weighted by molar-refractivity contribution is -0.138. The molecule has 6 nitrogen and oxygen atoms in total. The maximum Gasteiger partial charge on any atom is 0.305 e. The predicted octanol–water partition coefficient (Wildman–Crippen LogP) is 1.54. The maximum absolute atomic E-state index is 10.9. The van der Waals surface area contributed by atoms with Crippen molar-refractivity contribution in [3.8, 4) is 0 Å². The molecule has 2 aromatic rings. The second-order valence-electron chi connectivity index (χ2n) is 4.78. The number of carboxylic acids is 1. The quantitative estimate of drug-likeness (QED) is 0.855. The number of aromatic nitrogens is 3. The monoisotopic (exact) mass is 246 g/mol. The number of hydrogen-bond donors (Lipinski definition) is 2. The van der Waals surface area contributed by atoms with Crippen molar-refractivity contribution in [3.05, 3.63) is 24.5 Å². The van der Waals surface area contributed by atoms with Gasteiger partial charge in [0.05, 0.1) is 12.6 Å². The SMILES string of the molecule is O=C(O)CC1(Nc2ccn3nccc3n2)CCC1. The van der Waals surface area contributed by atoms with Gasteiger partial charge in [-0.3, -0.25) is 4.79 Å². The molecule has 1 saturated carbocycles. The number of fused-ring (bicyclic) bond motifs is 1. The molecule has 0 aliphatic heterocycles. The van der Waals surface area contributed by atoms with Gasteiger partial charge in [-0.2, -0.15) is 5.10 Å². The number of nitrogens with one attached hydrogen (secondary N) is 1. The van der Waals surface area contributed by atoms with E-state index in [4.69, 9.17) is 5.11 Å². The topological polar surface area (TPSA) is 79.5 Å². The molecular weight excluding hydrogens is 232 g/mol. The number of rotatable bonds is 4. The summed E-state index contributed by atoms with van der Waals surface area (Å²) in [5.74, 6) is -0.0587. The van der Waals surface area contributed by atoms with Gasteiger partial charge in [0.25, 0.3) is 0 Å². The van der Waals surface area contributed by atoms with Gasteiger partial charge < -0.3 is 10.4 Å². The van der Waals surface area contributed by atoms with Crippen LogP contribution in [0.4, 0.5) is 5.82 Å². The first-order chi connectivity index (χ1) is 8.67. The summed E-state index contributed by atoms with van der Waals surface area (Å²) in [5.41, 5.74) is 0.432. The first kappa shape index (κ1) is 11.0. The molecule has 0 amide bonds. The van der Waals surface area contributed by atoms with Crippen molar-refractivity contribution in [2.75, 3.05) is 5.32 Å². The zero-order chi connectivity index (χ0) is 12.6. The number of nitrogens with zero attached hydrogens (tertiary/aromatic N) is 3. The van der Waals surface area contributed by atoms with Gasteiger partial charge in [0, 0.05) is 17.8 Å². The lowest BCUT2D eigenvalue weighted by Gasteiger charge is -2.41. The molecule has 1 aliphatic carbocycles. The van der Waals surface area contributed by atoms with Crippen LogP contribution in [0.2, 0.25) is 0 Å². The van der Waals surface area contributed by atoms with Crippen LogP contribution in [-0.4, -0.2) is 31.2 Å². The lowest BCUT2D eigenvalue weighted by Crippen LogP contribution is -2.47. The molecule has 3 rings (SSSR count). The van der Waals surface area contributed by atoms with Crippen molar-refractivity contribution in [2.24, 2.45) is 0 Å². The Bertz CT molecular complexity index is 589. The van der Waals surface area contributed by atoms with Crippen molar-refractivity contribution < 1.29 is 9.90 Å². The normalized spacial score (nSPS) is 17.3. The van der Waals surface area contributed by atoms with E-state index in [0.29, 0.717) is 5.82 Å². The van der Waals surface area contributed by atoms with Gasteiger partial charge in [-0.05, 0) is 25.3 Å². The Kier molecular flexibility index (Phi) is 2.43. The summed E-state index contributed by atoms with van der Waals surface area (Å²) in [6, 6.07) is 3.64. The van der Waals surface area contributed by atoms with Crippen molar-refractivity contribution in [1.29, 1.82) is 0 Å². The van der Waals surface area contributed by atoms with Crippen LogP contribution in [0.3, 0.4) is 0 Å². The largest absolute Gasteiger partial charge is 0.481 e. The van der Waals surface area contributed by atoms with Crippen LogP contribution in [0.25, 0.3) is 5.65 Å². The molecule has 0 radical (unpaired) electrons. The summed E-state index contributed by atoms with van der Waals surface area (Å²) in [5, 5.41) is 16.3. The molecule has 0 spiro atoms. The predicted molar refractivity (Wildman–Crippen MR) is 65.4 cm³/mol. The molecular formula is C12H14N4O2. The van der Waals surface area contributed by atoms with Crippen LogP contribution in [-0.2, 0) is 4.79 Å². The van der Waals surface area contributed by atoms with E-state index >= 15 is 0 Å². The van der Waals surface area contributed by atoms with Gasteiger partial charge in [0.15, 0.2) is 5.65 Å².